The van der Waals surface area contributed by atoms with Gasteiger partial charge in [0.15, 0.2) is 0 Å². The predicted molar refractivity (Wildman–Crippen MR) is 78.0 cm³/mol. The molecule has 0 aliphatic carbocycles. The Kier molecular flexibility index (Phi) is 6.71. The molecule has 0 aromatic heterocycles. The number of benzene rings is 1. The Balaban J connectivity index is 0.00000162. The van der Waals surface area contributed by atoms with E-state index in [2.05, 4.69) is 10.2 Å². The smallest absolute Gasteiger partial charge is 0.0629 e. The van der Waals surface area contributed by atoms with E-state index in [1.165, 1.54) is 0 Å². The summed E-state index contributed by atoms with van der Waals surface area (Å²) in [4.78, 5) is 2.21. The van der Waals surface area contributed by atoms with Gasteiger partial charge in [-0.2, -0.15) is 0 Å². The third-order valence-electron chi connectivity index (χ3n) is 3.10. The molecule has 0 spiro atoms. The van der Waals surface area contributed by atoms with E-state index in [0.717, 1.165) is 31.7 Å². The van der Waals surface area contributed by atoms with E-state index in [0.29, 0.717) is 10.0 Å². The lowest BCUT2D eigenvalue weighted by Gasteiger charge is -2.34. The van der Waals surface area contributed by atoms with Crippen molar-refractivity contribution < 1.29 is 5.11 Å². The van der Waals surface area contributed by atoms with Gasteiger partial charge in [-0.05, 0) is 12.1 Å². The molecular formula is C12H17Cl3N2O. The molecule has 2 N–H and O–H groups in total. The van der Waals surface area contributed by atoms with Crippen LogP contribution in [0.3, 0.4) is 0 Å². The summed E-state index contributed by atoms with van der Waals surface area (Å²) in [7, 11) is 0. The number of hydrogen-bond donors (Lipinski definition) is 2. The summed E-state index contributed by atoms with van der Waals surface area (Å²) >= 11 is 12.4. The Morgan fingerprint density at radius 3 is 2.28 bits per heavy atom. The van der Waals surface area contributed by atoms with Crippen molar-refractivity contribution in [3.05, 3.63) is 33.8 Å². The molecule has 6 heteroatoms. The standard InChI is InChI=1S/C12H16Cl2N2O.ClH/c13-9-2-1-3-10(14)12(9)11(8-17)16-6-4-15-5-7-16;/h1-3,11,15,17H,4-8H2;1H/t11-;/m0./s1. The van der Waals surface area contributed by atoms with E-state index < -0.39 is 0 Å². The summed E-state index contributed by atoms with van der Waals surface area (Å²) in [6.45, 7) is 3.68. The highest BCUT2D eigenvalue weighted by molar-refractivity contribution is 6.36. The fourth-order valence-electron chi connectivity index (χ4n) is 2.21. The SMILES string of the molecule is Cl.OC[C@@H](c1c(Cl)cccc1Cl)N1CCNCC1. The van der Waals surface area contributed by atoms with E-state index in [9.17, 15) is 5.11 Å². The number of hydrogen-bond acceptors (Lipinski definition) is 3. The Labute approximate surface area is 123 Å². The summed E-state index contributed by atoms with van der Waals surface area (Å²) in [6.07, 6.45) is 0. The first-order valence-electron chi connectivity index (χ1n) is 5.73. The molecule has 0 amide bonds. The number of aliphatic hydroxyl groups excluding tert-OH is 1. The molecule has 2 rings (SSSR count). The van der Waals surface area contributed by atoms with Crippen molar-refractivity contribution in [1.82, 2.24) is 10.2 Å². The van der Waals surface area contributed by atoms with Crippen molar-refractivity contribution >= 4 is 35.6 Å². The van der Waals surface area contributed by atoms with Crippen molar-refractivity contribution in [1.29, 1.82) is 0 Å². The highest BCUT2D eigenvalue weighted by Gasteiger charge is 2.25. The molecule has 1 aliphatic rings. The lowest BCUT2D eigenvalue weighted by Crippen LogP contribution is -2.46. The molecule has 0 bridgehead atoms. The van der Waals surface area contributed by atoms with Gasteiger partial charge in [-0.25, -0.2) is 0 Å². The lowest BCUT2D eigenvalue weighted by atomic mass is 10.0. The largest absolute Gasteiger partial charge is 0.394 e. The normalized spacial score (nSPS) is 18.2. The number of nitrogens with one attached hydrogen (secondary N) is 1. The number of piperazine rings is 1. The number of rotatable bonds is 3. The van der Waals surface area contributed by atoms with E-state index in [1.54, 1.807) is 0 Å². The molecule has 0 radical (unpaired) electrons. The Morgan fingerprint density at radius 2 is 1.78 bits per heavy atom. The molecule has 1 aliphatic heterocycles. The van der Waals surface area contributed by atoms with E-state index >= 15 is 0 Å². The summed E-state index contributed by atoms with van der Waals surface area (Å²) in [5.41, 5.74) is 0.834. The van der Waals surface area contributed by atoms with Crippen LogP contribution in [0.2, 0.25) is 10.0 Å². The van der Waals surface area contributed by atoms with Crippen molar-refractivity contribution in [2.45, 2.75) is 6.04 Å². The predicted octanol–water partition coefficient (Wildman–Crippen LogP) is 2.35. The second-order valence-electron chi connectivity index (χ2n) is 4.12. The van der Waals surface area contributed by atoms with E-state index in [-0.39, 0.29) is 25.1 Å². The van der Waals surface area contributed by atoms with Crippen molar-refractivity contribution in [3.8, 4) is 0 Å². The molecule has 0 saturated carbocycles. The molecule has 1 atom stereocenters. The zero-order valence-electron chi connectivity index (χ0n) is 9.90. The average Bonchev–Trinajstić information content (AvgIpc) is 2.35. The number of aliphatic hydroxyl groups is 1. The van der Waals surface area contributed by atoms with Crippen LogP contribution in [0.4, 0.5) is 0 Å². The van der Waals surface area contributed by atoms with Crippen LogP contribution in [0.25, 0.3) is 0 Å². The summed E-state index contributed by atoms with van der Waals surface area (Å²) in [5, 5.41) is 14.1. The fourth-order valence-corrected chi connectivity index (χ4v) is 2.86. The number of nitrogens with zero attached hydrogens (tertiary/aromatic N) is 1. The summed E-state index contributed by atoms with van der Waals surface area (Å²) < 4.78 is 0. The molecule has 1 aromatic rings. The topological polar surface area (TPSA) is 35.5 Å². The van der Waals surface area contributed by atoms with Gasteiger partial charge in [0.25, 0.3) is 0 Å². The second-order valence-corrected chi connectivity index (χ2v) is 4.93. The zero-order valence-corrected chi connectivity index (χ0v) is 12.2. The quantitative estimate of drug-likeness (QED) is 0.899. The van der Waals surface area contributed by atoms with Gasteiger partial charge < -0.3 is 10.4 Å². The van der Waals surface area contributed by atoms with Gasteiger partial charge in [0, 0.05) is 41.8 Å². The Morgan fingerprint density at radius 1 is 1.22 bits per heavy atom. The minimum atomic E-state index is -0.113. The average molecular weight is 312 g/mol. The Hall–Kier alpha value is -0.0300. The van der Waals surface area contributed by atoms with Crippen LogP contribution in [-0.2, 0) is 0 Å². The summed E-state index contributed by atoms with van der Waals surface area (Å²) in [6, 6.07) is 5.33. The third-order valence-corrected chi connectivity index (χ3v) is 3.76. The Bertz CT molecular complexity index is 363. The maximum absolute atomic E-state index is 9.60. The maximum Gasteiger partial charge on any atom is 0.0629 e. The molecule has 1 aromatic carbocycles. The first kappa shape index (κ1) is 16.0. The molecule has 1 fully saturated rings. The van der Waals surface area contributed by atoms with Crippen LogP contribution in [0.1, 0.15) is 11.6 Å². The van der Waals surface area contributed by atoms with E-state index in [4.69, 9.17) is 23.2 Å². The van der Waals surface area contributed by atoms with Crippen LogP contribution in [0, 0.1) is 0 Å². The van der Waals surface area contributed by atoms with Gasteiger partial charge >= 0.3 is 0 Å². The molecule has 3 nitrogen and oxygen atoms in total. The number of halogens is 3. The maximum atomic E-state index is 9.60. The minimum absolute atomic E-state index is 0. The second kappa shape index (κ2) is 7.53. The molecule has 18 heavy (non-hydrogen) atoms. The minimum Gasteiger partial charge on any atom is -0.394 e. The molecule has 1 saturated heterocycles. The highest BCUT2D eigenvalue weighted by atomic mass is 35.5. The monoisotopic (exact) mass is 310 g/mol. The zero-order chi connectivity index (χ0) is 12.3. The van der Waals surface area contributed by atoms with Gasteiger partial charge in [0.05, 0.1) is 12.6 Å². The molecule has 102 valence electrons. The van der Waals surface area contributed by atoms with Crippen LogP contribution in [0.5, 0.6) is 0 Å². The molecule has 1 heterocycles. The van der Waals surface area contributed by atoms with E-state index in [1.807, 2.05) is 18.2 Å². The third kappa shape index (κ3) is 3.50. The van der Waals surface area contributed by atoms with Gasteiger partial charge in [-0.1, -0.05) is 29.3 Å². The van der Waals surface area contributed by atoms with Gasteiger partial charge in [0.1, 0.15) is 0 Å². The lowest BCUT2D eigenvalue weighted by molar-refractivity contribution is 0.111. The molecule has 0 unspecified atom stereocenters. The van der Waals surface area contributed by atoms with Crippen LogP contribution >= 0.6 is 35.6 Å². The van der Waals surface area contributed by atoms with Gasteiger partial charge in [-0.15, -0.1) is 12.4 Å². The van der Waals surface area contributed by atoms with Crippen LogP contribution in [-0.4, -0.2) is 42.8 Å². The highest BCUT2D eigenvalue weighted by Crippen LogP contribution is 2.33. The first-order valence-corrected chi connectivity index (χ1v) is 6.49. The van der Waals surface area contributed by atoms with Crippen molar-refractivity contribution in [2.75, 3.05) is 32.8 Å². The van der Waals surface area contributed by atoms with Gasteiger partial charge in [-0.3, -0.25) is 4.90 Å². The van der Waals surface area contributed by atoms with Crippen LogP contribution < -0.4 is 5.32 Å². The van der Waals surface area contributed by atoms with Gasteiger partial charge in [0.2, 0.25) is 0 Å². The van der Waals surface area contributed by atoms with Crippen molar-refractivity contribution in [2.24, 2.45) is 0 Å². The fraction of sp³-hybridized carbons (Fsp3) is 0.500. The summed E-state index contributed by atoms with van der Waals surface area (Å²) in [5.74, 6) is 0. The first-order chi connectivity index (χ1) is 8.24. The van der Waals surface area contributed by atoms with Crippen LogP contribution in [0.15, 0.2) is 18.2 Å². The molecular weight excluding hydrogens is 295 g/mol. The van der Waals surface area contributed by atoms with Crippen molar-refractivity contribution in [3.63, 3.8) is 0 Å².